The van der Waals surface area contributed by atoms with Gasteiger partial charge in [-0.15, -0.1) is 0 Å². The van der Waals surface area contributed by atoms with Crippen molar-refractivity contribution in [3.8, 4) is 11.5 Å². The predicted octanol–water partition coefficient (Wildman–Crippen LogP) is 3.45. The van der Waals surface area contributed by atoms with Crippen LogP contribution in [0.3, 0.4) is 0 Å². The van der Waals surface area contributed by atoms with Gasteiger partial charge in [0.2, 0.25) is 0 Å². The fourth-order valence-electron chi connectivity index (χ4n) is 2.29. The minimum Gasteiger partial charge on any atom is -0.491 e. The smallest absolute Gasteiger partial charge is 0.122 e. The molecule has 0 aromatic heterocycles. The van der Waals surface area contributed by atoms with Crippen LogP contribution < -0.4 is 9.47 Å². The summed E-state index contributed by atoms with van der Waals surface area (Å²) in [6.45, 7) is 6.44. The molecule has 0 fully saturated rings. The molecule has 4 nitrogen and oxygen atoms in total. The van der Waals surface area contributed by atoms with Gasteiger partial charge >= 0.3 is 0 Å². The van der Waals surface area contributed by atoms with Crippen LogP contribution in [-0.2, 0) is 0 Å². The van der Waals surface area contributed by atoms with Crippen LogP contribution in [0.25, 0.3) is 10.8 Å². The molecule has 0 amide bonds. The first kappa shape index (κ1) is 17.6. The normalized spacial score (nSPS) is 13.8. The summed E-state index contributed by atoms with van der Waals surface area (Å²) in [6, 6.07) is 9.81. The molecule has 126 valence electrons. The molecule has 0 aliphatic heterocycles. The van der Waals surface area contributed by atoms with Crippen molar-refractivity contribution in [1.29, 1.82) is 0 Å². The Bertz CT molecular complexity index is 633. The second kappa shape index (κ2) is 8.18. The monoisotopic (exact) mass is 318 g/mol. The predicted molar refractivity (Wildman–Crippen MR) is 92.3 cm³/mol. The maximum atomic E-state index is 9.64. The Morgan fingerprint density at radius 3 is 2.17 bits per heavy atom. The van der Waals surface area contributed by atoms with Crippen LogP contribution in [-0.4, -0.2) is 35.6 Å². The maximum absolute atomic E-state index is 9.64. The summed E-state index contributed by atoms with van der Waals surface area (Å²) in [5.41, 5.74) is 1.02. The third-order valence-corrected chi connectivity index (χ3v) is 4.03. The van der Waals surface area contributed by atoms with Crippen LogP contribution >= 0.6 is 0 Å². The Hall–Kier alpha value is -1.78. The van der Waals surface area contributed by atoms with E-state index in [9.17, 15) is 10.2 Å². The van der Waals surface area contributed by atoms with Gasteiger partial charge in [-0.05, 0) is 54.3 Å². The van der Waals surface area contributed by atoms with E-state index in [1.807, 2.05) is 51.1 Å². The molecular formula is C19H26O4. The first-order valence-corrected chi connectivity index (χ1v) is 8.20. The Morgan fingerprint density at radius 2 is 1.52 bits per heavy atom. The molecule has 2 aromatic carbocycles. The fourth-order valence-corrected chi connectivity index (χ4v) is 2.29. The van der Waals surface area contributed by atoms with E-state index in [0.29, 0.717) is 26.1 Å². The topological polar surface area (TPSA) is 58.9 Å². The minimum atomic E-state index is -0.449. The zero-order valence-corrected chi connectivity index (χ0v) is 14.1. The Morgan fingerprint density at radius 1 is 0.913 bits per heavy atom. The number of hydrogen-bond acceptors (Lipinski definition) is 4. The molecule has 0 heterocycles. The molecule has 4 heteroatoms. The van der Waals surface area contributed by atoms with Crippen molar-refractivity contribution in [2.45, 2.75) is 45.8 Å². The molecule has 2 atom stereocenters. The molecule has 0 saturated carbocycles. The van der Waals surface area contributed by atoms with Crippen LogP contribution in [0.2, 0.25) is 0 Å². The summed E-state index contributed by atoms with van der Waals surface area (Å²) in [7, 11) is 0. The molecule has 0 aliphatic rings. The SMILES string of the molecule is CCC(O)COc1ccc2ccc(OCC(O)CC)c(C)c2c1. The molecular weight excluding hydrogens is 292 g/mol. The zero-order chi connectivity index (χ0) is 16.8. The zero-order valence-electron chi connectivity index (χ0n) is 14.1. The van der Waals surface area contributed by atoms with Crippen LogP contribution in [0.5, 0.6) is 11.5 Å². The van der Waals surface area contributed by atoms with Crippen molar-refractivity contribution in [2.75, 3.05) is 13.2 Å². The molecule has 0 spiro atoms. The second-order valence-electron chi connectivity index (χ2n) is 5.82. The van der Waals surface area contributed by atoms with Crippen LogP contribution in [0.4, 0.5) is 0 Å². The van der Waals surface area contributed by atoms with Gasteiger partial charge in [0, 0.05) is 0 Å². The van der Waals surface area contributed by atoms with Gasteiger partial charge in [0.25, 0.3) is 0 Å². The van der Waals surface area contributed by atoms with Gasteiger partial charge in [-0.3, -0.25) is 0 Å². The minimum absolute atomic E-state index is 0.292. The molecule has 23 heavy (non-hydrogen) atoms. The Balaban J connectivity index is 2.20. The Labute approximate surface area is 137 Å². The van der Waals surface area contributed by atoms with Crippen LogP contribution in [0.15, 0.2) is 30.3 Å². The number of ether oxygens (including phenoxy) is 2. The lowest BCUT2D eigenvalue weighted by Gasteiger charge is -2.15. The van der Waals surface area contributed by atoms with Gasteiger partial charge in [-0.25, -0.2) is 0 Å². The summed E-state index contributed by atoms with van der Waals surface area (Å²) in [5.74, 6) is 1.51. The lowest BCUT2D eigenvalue weighted by molar-refractivity contribution is 0.104. The standard InChI is InChI=1S/C19H26O4/c1-4-15(20)11-22-17-8-6-14-7-9-19(13(3)18(14)10-17)23-12-16(21)5-2/h6-10,15-16,20-21H,4-5,11-12H2,1-3H3. The molecule has 2 unspecified atom stereocenters. The summed E-state index contributed by atoms with van der Waals surface area (Å²) in [6.07, 6.45) is 0.446. The molecule has 0 aliphatic carbocycles. The molecule has 0 bridgehead atoms. The van der Waals surface area contributed by atoms with Gasteiger partial charge in [-0.1, -0.05) is 26.0 Å². The van der Waals surface area contributed by atoms with Gasteiger partial charge in [0.1, 0.15) is 24.7 Å². The van der Waals surface area contributed by atoms with Crippen molar-refractivity contribution < 1.29 is 19.7 Å². The average Bonchev–Trinajstić information content (AvgIpc) is 2.58. The Kier molecular flexibility index (Phi) is 6.25. The molecule has 2 rings (SSSR count). The maximum Gasteiger partial charge on any atom is 0.122 e. The molecule has 0 saturated heterocycles. The van der Waals surface area contributed by atoms with Crippen LogP contribution in [0.1, 0.15) is 32.3 Å². The van der Waals surface area contributed by atoms with E-state index >= 15 is 0 Å². The van der Waals surface area contributed by atoms with Crippen molar-refractivity contribution in [3.05, 3.63) is 35.9 Å². The number of rotatable bonds is 8. The lowest BCUT2D eigenvalue weighted by Crippen LogP contribution is -2.16. The van der Waals surface area contributed by atoms with Gasteiger partial charge in [0.15, 0.2) is 0 Å². The van der Waals surface area contributed by atoms with Gasteiger partial charge in [0.05, 0.1) is 12.2 Å². The summed E-state index contributed by atoms with van der Waals surface area (Å²) >= 11 is 0. The van der Waals surface area contributed by atoms with E-state index in [-0.39, 0.29) is 0 Å². The summed E-state index contributed by atoms with van der Waals surface area (Å²) < 4.78 is 11.4. The lowest BCUT2D eigenvalue weighted by atomic mass is 10.0. The van der Waals surface area contributed by atoms with E-state index in [1.54, 1.807) is 0 Å². The van der Waals surface area contributed by atoms with E-state index in [0.717, 1.165) is 27.8 Å². The fraction of sp³-hybridized carbons (Fsp3) is 0.474. The van der Waals surface area contributed by atoms with Crippen LogP contribution in [0, 0.1) is 6.92 Å². The van der Waals surface area contributed by atoms with Crippen molar-refractivity contribution in [2.24, 2.45) is 0 Å². The number of aliphatic hydroxyl groups excluding tert-OH is 2. The summed E-state index contributed by atoms with van der Waals surface area (Å²) in [5, 5.41) is 21.4. The quantitative estimate of drug-likeness (QED) is 0.783. The molecule has 2 aromatic rings. The third kappa shape index (κ3) is 4.60. The van der Waals surface area contributed by atoms with Gasteiger partial charge < -0.3 is 19.7 Å². The first-order valence-electron chi connectivity index (χ1n) is 8.20. The number of fused-ring (bicyclic) bond motifs is 1. The highest BCUT2D eigenvalue weighted by Gasteiger charge is 2.09. The van der Waals surface area contributed by atoms with E-state index in [2.05, 4.69) is 0 Å². The number of hydrogen-bond donors (Lipinski definition) is 2. The highest BCUT2D eigenvalue weighted by atomic mass is 16.5. The average molecular weight is 318 g/mol. The van der Waals surface area contributed by atoms with E-state index in [4.69, 9.17) is 9.47 Å². The first-order chi connectivity index (χ1) is 11.0. The highest BCUT2D eigenvalue weighted by Crippen LogP contribution is 2.30. The third-order valence-electron chi connectivity index (χ3n) is 4.03. The van der Waals surface area contributed by atoms with Crippen molar-refractivity contribution in [3.63, 3.8) is 0 Å². The molecule has 2 N–H and O–H groups in total. The summed E-state index contributed by atoms with van der Waals surface area (Å²) in [4.78, 5) is 0. The van der Waals surface area contributed by atoms with Crippen molar-refractivity contribution >= 4 is 10.8 Å². The highest BCUT2D eigenvalue weighted by molar-refractivity contribution is 5.88. The molecule has 0 radical (unpaired) electrons. The van der Waals surface area contributed by atoms with Crippen molar-refractivity contribution in [1.82, 2.24) is 0 Å². The van der Waals surface area contributed by atoms with E-state index in [1.165, 1.54) is 0 Å². The second-order valence-corrected chi connectivity index (χ2v) is 5.82. The number of aliphatic hydroxyl groups is 2. The largest absolute Gasteiger partial charge is 0.491 e. The number of benzene rings is 2. The van der Waals surface area contributed by atoms with Gasteiger partial charge in [-0.2, -0.15) is 0 Å². The van der Waals surface area contributed by atoms with E-state index < -0.39 is 12.2 Å². The number of aryl methyl sites for hydroxylation is 1.